The van der Waals surface area contributed by atoms with Gasteiger partial charge in [0.2, 0.25) is 5.91 Å². The average Bonchev–Trinajstić information content (AvgIpc) is 2.88. The summed E-state index contributed by atoms with van der Waals surface area (Å²) in [6.45, 7) is 4.54. The van der Waals surface area contributed by atoms with Gasteiger partial charge in [-0.1, -0.05) is 13.0 Å². The lowest BCUT2D eigenvalue weighted by molar-refractivity contribution is -0.129. The molecule has 5 heteroatoms. The predicted molar refractivity (Wildman–Crippen MR) is 84.5 cm³/mol. The summed E-state index contributed by atoms with van der Waals surface area (Å²) in [5, 5.41) is 9.53. The van der Waals surface area contributed by atoms with E-state index in [9.17, 15) is 10.1 Å². The molecule has 110 valence electrons. The second-order valence-electron chi connectivity index (χ2n) is 5.42. The number of anilines is 1. The Kier molecular flexibility index (Phi) is 4.07. The maximum absolute atomic E-state index is 11.8. The molecule has 1 atom stereocenters. The van der Waals surface area contributed by atoms with Gasteiger partial charge in [-0.25, -0.2) is 0 Å². The van der Waals surface area contributed by atoms with E-state index in [2.05, 4.69) is 17.9 Å². The normalized spacial score (nSPS) is 21.3. The van der Waals surface area contributed by atoms with Gasteiger partial charge in [-0.15, -0.1) is 11.8 Å². The van der Waals surface area contributed by atoms with Gasteiger partial charge >= 0.3 is 0 Å². The van der Waals surface area contributed by atoms with E-state index in [1.807, 2.05) is 23.1 Å². The summed E-state index contributed by atoms with van der Waals surface area (Å²) in [5.74, 6) is 1.25. The molecule has 2 aliphatic rings. The molecular weight excluding hydrogens is 282 g/mol. The molecule has 21 heavy (non-hydrogen) atoms. The van der Waals surface area contributed by atoms with Crippen molar-refractivity contribution < 1.29 is 4.79 Å². The summed E-state index contributed by atoms with van der Waals surface area (Å²) in [6, 6.07) is 8.77. The lowest BCUT2D eigenvalue weighted by Gasteiger charge is -2.39. The van der Waals surface area contributed by atoms with Crippen molar-refractivity contribution in [2.75, 3.05) is 30.3 Å². The van der Waals surface area contributed by atoms with E-state index >= 15 is 0 Å². The van der Waals surface area contributed by atoms with Gasteiger partial charge in [0.15, 0.2) is 0 Å². The molecule has 2 fully saturated rings. The van der Waals surface area contributed by atoms with Crippen LogP contribution in [0.5, 0.6) is 0 Å². The number of thioether (sulfide) groups is 1. The van der Waals surface area contributed by atoms with Crippen LogP contribution in [0.15, 0.2) is 23.1 Å². The molecule has 2 heterocycles. The fourth-order valence-electron chi connectivity index (χ4n) is 3.25. The first-order valence-corrected chi connectivity index (χ1v) is 8.43. The highest BCUT2D eigenvalue weighted by Gasteiger charge is 2.36. The number of fused-ring (bicyclic) bond motifs is 1. The van der Waals surface area contributed by atoms with Crippen LogP contribution in [0.4, 0.5) is 5.69 Å². The van der Waals surface area contributed by atoms with Gasteiger partial charge < -0.3 is 9.80 Å². The molecule has 1 aromatic rings. The Morgan fingerprint density at radius 2 is 2.29 bits per heavy atom. The minimum atomic E-state index is 0.287. The molecule has 1 aromatic carbocycles. The predicted octanol–water partition coefficient (Wildman–Crippen LogP) is 2.48. The first kappa shape index (κ1) is 14.3. The van der Waals surface area contributed by atoms with Crippen molar-refractivity contribution in [2.45, 2.75) is 30.7 Å². The van der Waals surface area contributed by atoms with Crippen molar-refractivity contribution >= 4 is 23.4 Å². The van der Waals surface area contributed by atoms with Crippen LogP contribution in [0.3, 0.4) is 0 Å². The van der Waals surface area contributed by atoms with Gasteiger partial charge in [-0.05, 0) is 24.3 Å². The second kappa shape index (κ2) is 5.98. The van der Waals surface area contributed by atoms with E-state index in [0.717, 1.165) is 48.0 Å². The molecule has 0 bridgehead atoms. The topological polar surface area (TPSA) is 47.3 Å². The third-order valence-corrected chi connectivity index (χ3v) is 5.19. The number of rotatable bonds is 3. The van der Waals surface area contributed by atoms with Gasteiger partial charge in [0.25, 0.3) is 0 Å². The zero-order chi connectivity index (χ0) is 14.8. The Morgan fingerprint density at radius 1 is 1.43 bits per heavy atom. The van der Waals surface area contributed by atoms with Gasteiger partial charge in [0.05, 0.1) is 11.3 Å². The molecule has 2 saturated heterocycles. The number of piperazine rings is 1. The Morgan fingerprint density at radius 3 is 3.05 bits per heavy atom. The Balaban J connectivity index is 1.86. The number of carbonyl (C=O) groups is 1. The van der Waals surface area contributed by atoms with E-state index in [1.54, 1.807) is 11.8 Å². The monoisotopic (exact) mass is 301 g/mol. The summed E-state index contributed by atoms with van der Waals surface area (Å²) >= 11 is 1.71. The second-order valence-corrected chi connectivity index (χ2v) is 6.73. The maximum atomic E-state index is 11.8. The molecule has 4 nitrogen and oxygen atoms in total. The first-order valence-electron chi connectivity index (χ1n) is 7.45. The van der Waals surface area contributed by atoms with E-state index in [4.69, 9.17) is 0 Å². The maximum Gasteiger partial charge on any atom is 0.223 e. The number of amides is 1. The van der Waals surface area contributed by atoms with E-state index < -0.39 is 0 Å². The zero-order valence-corrected chi connectivity index (χ0v) is 13.0. The molecular formula is C16H19N3OS. The Labute approximate surface area is 129 Å². The van der Waals surface area contributed by atoms with Gasteiger partial charge in [-0.2, -0.15) is 5.26 Å². The Hall–Kier alpha value is -1.67. The van der Waals surface area contributed by atoms with Crippen molar-refractivity contribution in [3.05, 3.63) is 23.8 Å². The minimum absolute atomic E-state index is 0.287. The zero-order valence-electron chi connectivity index (χ0n) is 12.2. The van der Waals surface area contributed by atoms with Crippen LogP contribution < -0.4 is 4.90 Å². The number of hydrogen-bond donors (Lipinski definition) is 0. The SMILES string of the molecule is CCSc1cccc(N2CCN3C(=O)CCC3C2)c1C#N. The summed E-state index contributed by atoms with van der Waals surface area (Å²) in [5.41, 5.74) is 1.80. The van der Waals surface area contributed by atoms with Crippen LogP contribution in [0.1, 0.15) is 25.3 Å². The highest BCUT2D eigenvalue weighted by atomic mass is 32.2. The number of benzene rings is 1. The number of nitriles is 1. The van der Waals surface area contributed by atoms with Crippen LogP contribution in [-0.2, 0) is 4.79 Å². The molecule has 1 amide bonds. The van der Waals surface area contributed by atoms with Crippen LogP contribution in [0.25, 0.3) is 0 Å². The number of carbonyl (C=O) groups excluding carboxylic acids is 1. The number of nitrogens with zero attached hydrogens (tertiary/aromatic N) is 3. The Bertz CT molecular complexity index is 596. The van der Waals surface area contributed by atoms with Crippen molar-refractivity contribution in [1.82, 2.24) is 4.90 Å². The fraction of sp³-hybridized carbons (Fsp3) is 0.500. The highest BCUT2D eigenvalue weighted by molar-refractivity contribution is 7.99. The van der Waals surface area contributed by atoms with E-state index in [1.165, 1.54) is 0 Å². The van der Waals surface area contributed by atoms with Crippen LogP contribution >= 0.6 is 11.8 Å². The van der Waals surface area contributed by atoms with Crippen molar-refractivity contribution in [2.24, 2.45) is 0 Å². The third-order valence-electron chi connectivity index (χ3n) is 4.25. The molecule has 3 rings (SSSR count). The smallest absolute Gasteiger partial charge is 0.223 e. The molecule has 0 aromatic heterocycles. The van der Waals surface area contributed by atoms with Crippen molar-refractivity contribution in [1.29, 1.82) is 5.26 Å². The molecule has 0 N–H and O–H groups in total. The molecule has 0 radical (unpaired) electrons. The highest BCUT2D eigenvalue weighted by Crippen LogP contribution is 2.33. The van der Waals surface area contributed by atoms with Crippen LogP contribution in [-0.4, -0.2) is 42.2 Å². The molecule has 0 saturated carbocycles. The van der Waals surface area contributed by atoms with Gasteiger partial charge in [0, 0.05) is 37.0 Å². The third kappa shape index (κ3) is 2.60. The molecule has 2 aliphatic heterocycles. The van der Waals surface area contributed by atoms with Crippen molar-refractivity contribution in [3.63, 3.8) is 0 Å². The largest absolute Gasteiger partial charge is 0.367 e. The van der Waals surface area contributed by atoms with Gasteiger partial charge in [0.1, 0.15) is 6.07 Å². The molecule has 1 unspecified atom stereocenters. The van der Waals surface area contributed by atoms with Gasteiger partial charge in [-0.3, -0.25) is 4.79 Å². The molecule has 0 spiro atoms. The summed E-state index contributed by atoms with van der Waals surface area (Å²) in [6.07, 6.45) is 1.62. The standard InChI is InChI=1S/C16H19N3OS/c1-2-21-15-5-3-4-14(13(15)10-17)18-8-9-19-12(11-18)6-7-16(19)20/h3-5,12H,2,6-9,11H2,1H3. The average molecular weight is 301 g/mol. The lowest BCUT2D eigenvalue weighted by atomic mass is 10.1. The fourth-order valence-corrected chi connectivity index (χ4v) is 4.03. The minimum Gasteiger partial charge on any atom is -0.367 e. The first-order chi connectivity index (χ1) is 10.2. The number of hydrogen-bond acceptors (Lipinski definition) is 4. The van der Waals surface area contributed by atoms with Crippen molar-refractivity contribution in [3.8, 4) is 6.07 Å². The molecule has 0 aliphatic carbocycles. The lowest BCUT2D eigenvalue weighted by Crippen LogP contribution is -2.51. The van der Waals surface area contributed by atoms with E-state index in [0.29, 0.717) is 12.5 Å². The van der Waals surface area contributed by atoms with Crippen LogP contribution in [0.2, 0.25) is 0 Å². The van der Waals surface area contributed by atoms with E-state index in [-0.39, 0.29) is 5.91 Å². The summed E-state index contributed by atoms with van der Waals surface area (Å²) in [7, 11) is 0. The van der Waals surface area contributed by atoms with Crippen LogP contribution in [0, 0.1) is 11.3 Å². The summed E-state index contributed by atoms with van der Waals surface area (Å²) < 4.78 is 0. The summed E-state index contributed by atoms with van der Waals surface area (Å²) in [4.78, 5) is 17.1. The quantitative estimate of drug-likeness (QED) is 0.805.